The summed E-state index contributed by atoms with van der Waals surface area (Å²) in [6, 6.07) is 12.6. The minimum atomic E-state index is -4.48. The van der Waals surface area contributed by atoms with E-state index in [9.17, 15) is 23.7 Å². The SMILES string of the molecule is Cc1c(-c2cnn(C)c2)cccc1[C@H](Nc1cc(C#N)cc2c(NCC(C)(C)C)c(C#N)cnc12)c1cn(C2(C(F)(F)F)CC2)nn1. The fraction of sp³-hybridized carbons (Fsp3) is 0.353. The summed E-state index contributed by atoms with van der Waals surface area (Å²) in [6.07, 6.45) is 1.84. The molecule has 13 heteroatoms. The van der Waals surface area contributed by atoms with Gasteiger partial charge in [0.1, 0.15) is 11.8 Å². The smallest absolute Gasteiger partial charge is 0.383 e. The molecule has 240 valence electrons. The van der Waals surface area contributed by atoms with Gasteiger partial charge in [0.25, 0.3) is 0 Å². The number of halogens is 3. The molecule has 1 atom stereocenters. The van der Waals surface area contributed by atoms with Crippen LogP contribution in [0.25, 0.3) is 22.0 Å². The Kier molecular flexibility index (Phi) is 7.67. The molecule has 2 N–H and O–H groups in total. The molecule has 1 aliphatic rings. The highest BCUT2D eigenvalue weighted by Crippen LogP contribution is 2.55. The second-order valence-corrected chi connectivity index (χ2v) is 13.2. The monoisotopic (exact) mass is 638 g/mol. The summed E-state index contributed by atoms with van der Waals surface area (Å²) in [5.41, 5.74) is 3.56. The van der Waals surface area contributed by atoms with E-state index in [4.69, 9.17) is 0 Å². The van der Waals surface area contributed by atoms with E-state index in [0.29, 0.717) is 39.9 Å². The van der Waals surface area contributed by atoms with Gasteiger partial charge in [0, 0.05) is 36.9 Å². The van der Waals surface area contributed by atoms with Gasteiger partial charge in [-0.15, -0.1) is 5.10 Å². The fourth-order valence-corrected chi connectivity index (χ4v) is 5.79. The Hall–Kier alpha value is -5.43. The zero-order valence-electron chi connectivity index (χ0n) is 26.6. The molecule has 0 aliphatic heterocycles. The van der Waals surface area contributed by atoms with Crippen LogP contribution in [0.5, 0.6) is 0 Å². The number of nitrogens with one attached hydrogen (secondary N) is 2. The van der Waals surface area contributed by atoms with E-state index < -0.39 is 17.8 Å². The van der Waals surface area contributed by atoms with E-state index in [1.807, 2.05) is 38.4 Å². The molecule has 0 bridgehead atoms. The normalized spacial score (nSPS) is 14.8. The maximum atomic E-state index is 14.1. The Bertz CT molecular complexity index is 2070. The molecule has 47 heavy (non-hydrogen) atoms. The third-order valence-corrected chi connectivity index (χ3v) is 8.52. The van der Waals surface area contributed by atoms with Crippen LogP contribution in [0.3, 0.4) is 0 Å². The quantitative estimate of drug-likeness (QED) is 0.186. The predicted octanol–water partition coefficient (Wildman–Crippen LogP) is 6.99. The number of hydrogen-bond donors (Lipinski definition) is 2. The number of fused-ring (bicyclic) bond motifs is 1. The van der Waals surface area contributed by atoms with Crippen LogP contribution in [0.2, 0.25) is 0 Å². The highest BCUT2D eigenvalue weighted by atomic mass is 19.4. The van der Waals surface area contributed by atoms with E-state index in [0.717, 1.165) is 26.9 Å². The highest BCUT2D eigenvalue weighted by Gasteiger charge is 2.66. The second kappa shape index (κ2) is 11.4. The van der Waals surface area contributed by atoms with Crippen molar-refractivity contribution >= 4 is 22.3 Å². The zero-order chi connectivity index (χ0) is 33.7. The molecule has 0 spiro atoms. The third-order valence-electron chi connectivity index (χ3n) is 8.52. The summed E-state index contributed by atoms with van der Waals surface area (Å²) < 4.78 is 44.9. The maximum absolute atomic E-state index is 14.1. The summed E-state index contributed by atoms with van der Waals surface area (Å²) in [4.78, 5) is 4.61. The minimum absolute atomic E-state index is 0.0722. The molecule has 0 saturated heterocycles. The fourth-order valence-electron chi connectivity index (χ4n) is 5.79. The molecule has 0 amide bonds. The highest BCUT2D eigenvalue weighted by molar-refractivity contribution is 6.01. The van der Waals surface area contributed by atoms with Gasteiger partial charge in [0.05, 0.1) is 52.5 Å². The largest absolute Gasteiger partial charge is 0.413 e. The predicted molar refractivity (Wildman–Crippen MR) is 171 cm³/mol. The lowest BCUT2D eigenvalue weighted by Gasteiger charge is -2.24. The molecular formula is C34H33F3N10. The molecule has 0 unspecified atom stereocenters. The van der Waals surface area contributed by atoms with Crippen molar-refractivity contribution in [2.45, 2.75) is 58.3 Å². The van der Waals surface area contributed by atoms with Crippen LogP contribution in [0.1, 0.15) is 67.6 Å². The number of benzene rings is 2. The number of alkyl halides is 3. The van der Waals surface area contributed by atoms with Gasteiger partial charge in [0.2, 0.25) is 0 Å². The van der Waals surface area contributed by atoms with E-state index >= 15 is 0 Å². The Morgan fingerprint density at radius 1 is 1.06 bits per heavy atom. The summed E-state index contributed by atoms with van der Waals surface area (Å²) in [5, 5.41) is 39.9. The van der Waals surface area contributed by atoms with Gasteiger partial charge in [-0.25, -0.2) is 4.68 Å². The Balaban J connectivity index is 1.53. The summed E-state index contributed by atoms with van der Waals surface area (Å²) >= 11 is 0. The topological polar surface area (TPSA) is 133 Å². The maximum Gasteiger partial charge on any atom is 0.413 e. The summed E-state index contributed by atoms with van der Waals surface area (Å²) in [6.45, 7) is 8.67. The van der Waals surface area contributed by atoms with Crippen LogP contribution in [-0.4, -0.2) is 42.5 Å². The molecular weight excluding hydrogens is 605 g/mol. The number of rotatable bonds is 8. The van der Waals surface area contributed by atoms with E-state index in [1.54, 1.807) is 23.0 Å². The lowest BCUT2D eigenvalue weighted by molar-refractivity contribution is -0.182. The van der Waals surface area contributed by atoms with Gasteiger partial charge >= 0.3 is 6.18 Å². The number of nitriles is 2. The van der Waals surface area contributed by atoms with Crippen molar-refractivity contribution in [1.82, 2.24) is 29.8 Å². The van der Waals surface area contributed by atoms with Crippen LogP contribution < -0.4 is 10.6 Å². The second-order valence-electron chi connectivity index (χ2n) is 13.2. The number of pyridine rings is 1. The number of aromatic nitrogens is 6. The first-order chi connectivity index (χ1) is 22.2. The van der Waals surface area contributed by atoms with Crippen molar-refractivity contribution in [3.8, 4) is 23.3 Å². The minimum Gasteiger partial charge on any atom is -0.383 e. The van der Waals surface area contributed by atoms with Crippen molar-refractivity contribution in [2.24, 2.45) is 12.5 Å². The van der Waals surface area contributed by atoms with Crippen molar-refractivity contribution in [1.29, 1.82) is 10.5 Å². The molecule has 3 heterocycles. The summed E-state index contributed by atoms with van der Waals surface area (Å²) in [7, 11) is 1.82. The van der Waals surface area contributed by atoms with E-state index in [-0.39, 0.29) is 24.0 Å². The van der Waals surface area contributed by atoms with Gasteiger partial charge in [-0.1, -0.05) is 44.2 Å². The first-order valence-electron chi connectivity index (χ1n) is 15.1. The van der Waals surface area contributed by atoms with E-state index in [2.05, 4.69) is 63.9 Å². The van der Waals surface area contributed by atoms with Crippen LogP contribution in [0, 0.1) is 35.0 Å². The first kappa shape index (κ1) is 31.5. The molecule has 0 radical (unpaired) electrons. The van der Waals surface area contributed by atoms with Gasteiger partial charge < -0.3 is 10.6 Å². The van der Waals surface area contributed by atoms with Crippen molar-refractivity contribution in [2.75, 3.05) is 17.2 Å². The van der Waals surface area contributed by atoms with Gasteiger partial charge in [-0.05, 0) is 54.0 Å². The van der Waals surface area contributed by atoms with Crippen LogP contribution in [0.15, 0.2) is 55.1 Å². The Morgan fingerprint density at radius 2 is 1.83 bits per heavy atom. The molecule has 1 saturated carbocycles. The molecule has 10 nitrogen and oxygen atoms in total. The lowest BCUT2D eigenvalue weighted by Crippen LogP contribution is -2.35. The molecule has 3 aromatic heterocycles. The molecule has 5 aromatic rings. The van der Waals surface area contributed by atoms with Crippen LogP contribution in [-0.2, 0) is 12.6 Å². The molecule has 2 aromatic carbocycles. The lowest BCUT2D eigenvalue weighted by atomic mass is 9.92. The molecule has 6 rings (SSSR count). The van der Waals surface area contributed by atoms with Crippen LogP contribution >= 0.6 is 0 Å². The molecule has 1 aliphatic carbocycles. The zero-order valence-corrected chi connectivity index (χ0v) is 26.6. The number of anilines is 2. The van der Waals surface area contributed by atoms with Crippen molar-refractivity contribution < 1.29 is 13.2 Å². The number of aryl methyl sites for hydroxylation is 1. The van der Waals surface area contributed by atoms with Crippen molar-refractivity contribution in [3.63, 3.8) is 0 Å². The van der Waals surface area contributed by atoms with Gasteiger partial charge in [-0.3, -0.25) is 9.67 Å². The Labute approximate surface area is 269 Å². The number of nitrogens with zero attached hydrogens (tertiary/aromatic N) is 8. The van der Waals surface area contributed by atoms with Crippen molar-refractivity contribution in [3.05, 3.63) is 83.1 Å². The summed E-state index contributed by atoms with van der Waals surface area (Å²) in [5.74, 6) is 0. The average molecular weight is 639 g/mol. The van der Waals surface area contributed by atoms with Gasteiger partial charge in [-0.2, -0.15) is 28.8 Å². The Morgan fingerprint density at radius 3 is 2.45 bits per heavy atom. The third kappa shape index (κ3) is 5.85. The molecule has 1 fully saturated rings. The standard InChI is InChI=1S/C34H33F3N10/c1-20-24(23-16-42-46(5)17-23)7-6-8-25(20)31(28-18-47(45-44-28)33(9-10-33)34(35,36)37)43-27-12-21(13-38)11-26-29(41-19-32(2,3)4)22(14-39)15-40-30(26)27/h6-8,11-12,15-18,31,43H,9-10,19H2,1-5H3,(H,40,41)/t31-/m0/s1. The van der Waals surface area contributed by atoms with Gasteiger partial charge in [0.15, 0.2) is 5.54 Å². The average Bonchev–Trinajstić information content (AvgIpc) is 3.52. The first-order valence-corrected chi connectivity index (χ1v) is 15.1. The van der Waals surface area contributed by atoms with Crippen LogP contribution in [0.4, 0.5) is 24.5 Å². The number of hydrogen-bond acceptors (Lipinski definition) is 8. The van der Waals surface area contributed by atoms with E-state index in [1.165, 1.54) is 12.4 Å².